The van der Waals surface area contributed by atoms with Gasteiger partial charge in [0.15, 0.2) is 0 Å². The van der Waals surface area contributed by atoms with Crippen LogP contribution in [0.5, 0.6) is 5.75 Å². The third-order valence-electron chi connectivity index (χ3n) is 2.05. The minimum atomic E-state index is 0.756. The van der Waals surface area contributed by atoms with E-state index in [9.17, 15) is 0 Å². The smallest absolute Gasteiger partial charge is 0.120 e. The maximum atomic E-state index is 5.91. The van der Waals surface area contributed by atoms with Crippen LogP contribution in [0.2, 0.25) is 0 Å². The minimum Gasteiger partial charge on any atom is -0.497 e. The lowest BCUT2D eigenvalue weighted by Gasteiger charge is -2.05. The van der Waals surface area contributed by atoms with E-state index in [2.05, 4.69) is 6.07 Å². The van der Waals surface area contributed by atoms with Gasteiger partial charge in [-0.1, -0.05) is 6.07 Å². The molecular formula is C11H11NOS. The summed E-state index contributed by atoms with van der Waals surface area (Å²) in [6, 6.07) is 9.83. The van der Waals surface area contributed by atoms with E-state index in [4.69, 9.17) is 10.5 Å². The van der Waals surface area contributed by atoms with E-state index in [1.165, 1.54) is 4.88 Å². The molecule has 2 nitrogen and oxygen atoms in total. The van der Waals surface area contributed by atoms with Crippen molar-refractivity contribution >= 4 is 17.0 Å². The summed E-state index contributed by atoms with van der Waals surface area (Å²) in [5.74, 6) is 0.794. The van der Waals surface area contributed by atoms with Crippen molar-refractivity contribution in [3.63, 3.8) is 0 Å². The van der Waals surface area contributed by atoms with Crippen molar-refractivity contribution < 1.29 is 4.74 Å². The van der Waals surface area contributed by atoms with Gasteiger partial charge in [-0.3, -0.25) is 0 Å². The highest BCUT2D eigenvalue weighted by molar-refractivity contribution is 7.13. The van der Waals surface area contributed by atoms with Crippen LogP contribution in [0.1, 0.15) is 0 Å². The molecule has 0 bridgehead atoms. The molecule has 0 aliphatic rings. The van der Waals surface area contributed by atoms with E-state index < -0.39 is 0 Å². The predicted octanol–water partition coefficient (Wildman–Crippen LogP) is 3.01. The Labute approximate surface area is 86.9 Å². The number of benzene rings is 1. The zero-order chi connectivity index (χ0) is 9.97. The Morgan fingerprint density at radius 3 is 2.71 bits per heavy atom. The number of hydrogen-bond donors (Lipinski definition) is 1. The van der Waals surface area contributed by atoms with Crippen LogP contribution in [-0.4, -0.2) is 7.11 Å². The second-order valence-electron chi connectivity index (χ2n) is 2.93. The van der Waals surface area contributed by atoms with Gasteiger partial charge in [-0.15, -0.1) is 11.3 Å². The fourth-order valence-corrected chi connectivity index (χ4v) is 2.10. The Kier molecular flexibility index (Phi) is 2.41. The first kappa shape index (κ1) is 9.09. The van der Waals surface area contributed by atoms with E-state index in [1.807, 2.05) is 29.6 Å². The number of nitrogens with two attached hydrogens (primary N) is 1. The van der Waals surface area contributed by atoms with Gasteiger partial charge in [0.05, 0.1) is 7.11 Å². The fourth-order valence-electron chi connectivity index (χ4n) is 1.32. The summed E-state index contributed by atoms with van der Waals surface area (Å²) in [7, 11) is 1.64. The molecule has 1 heterocycles. The second kappa shape index (κ2) is 3.72. The van der Waals surface area contributed by atoms with Crippen LogP contribution in [-0.2, 0) is 0 Å². The van der Waals surface area contributed by atoms with Gasteiger partial charge in [0.1, 0.15) is 5.75 Å². The highest BCUT2D eigenvalue weighted by Crippen LogP contribution is 2.32. The first-order valence-corrected chi connectivity index (χ1v) is 5.16. The van der Waals surface area contributed by atoms with Crippen molar-refractivity contribution in [1.29, 1.82) is 0 Å². The zero-order valence-corrected chi connectivity index (χ0v) is 8.67. The van der Waals surface area contributed by atoms with Crippen LogP contribution in [0, 0.1) is 0 Å². The molecular weight excluding hydrogens is 194 g/mol. The van der Waals surface area contributed by atoms with Crippen LogP contribution in [0.3, 0.4) is 0 Å². The summed E-state index contributed by atoms with van der Waals surface area (Å²) in [5.41, 5.74) is 7.74. The van der Waals surface area contributed by atoms with Gasteiger partial charge in [0.2, 0.25) is 0 Å². The van der Waals surface area contributed by atoms with Crippen molar-refractivity contribution in [1.82, 2.24) is 0 Å². The number of hydrogen-bond acceptors (Lipinski definition) is 3. The molecule has 1 aromatic heterocycles. The molecule has 0 aliphatic carbocycles. The van der Waals surface area contributed by atoms with E-state index in [1.54, 1.807) is 18.4 Å². The highest BCUT2D eigenvalue weighted by atomic mass is 32.1. The van der Waals surface area contributed by atoms with Gasteiger partial charge >= 0.3 is 0 Å². The Hall–Kier alpha value is -1.48. The monoisotopic (exact) mass is 205 g/mol. The number of nitrogen functional groups attached to an aromatic ring is 1. The maximum absolute atomic E-state index is 5.91. The molecule has 0 atom stereocenters. The summed E-state index contributed by atoms with van der Waals surface area (Å²) >= 11 is 1.68. The van der Waals surface area contributed by atoms with Gasteiger partial charge in [-0.2, -0.15) is 0 Å². The van der Waals surface area contributed by atoms with Crippen LogP contribution >= 0.6 is 11.3 Å². The van der Waals surface area contributed by atoms with Crippen LogP contribution in [0.4, 0.5) is 5.69 Å². The van der Waals surface area contributed by atoms with E-state index >= 15 is 0 Å². The number of anilines is 1. The Bertz CT molecular complexity index is 423. The predicted molar refractivity (Wildman–Crippen MR) is 60.7 cm³/mol. The molecule has 72 valence electrons. The van der Waals surface area contributed by atoms with Gasteiger partial charge in [0.25, 0.3) is 0 Å². The van der Waals surface area contributed by atoms with Crippen molar-refractivity contribution in [2.24, 2.45) is 0 Å². The van der Waals surface area contributed by atoms with Crippen molar-refractivity contribution in [2.75, 3.05) is 12.8 Å². The average molecular weight is 205 g/mol. The van der Waals surface area contributed by atoms with Gasteiger partial charge in [0, 0.05) is 22.2 Å². The summed E-state index contributed by atoms with van der Waals surface area (Å²) < 4.78 is 5.09. The van der Waals surface area contributed by atoms with Gasteiger partial charge in [-0.05, 0) is 23.6 Å². The molecule has 0 saturated heterocycles. The van der Waals surface area contributed by atoms with Crippen molar-refractivity contribution in [3.05, 3.63) is 35.7 Å². The number of ether oxygens (including phenoxy) is 1. The summed E-state index contributed by atoms with van der Waals surface area (Å²) in [6.45, 7) is 0. The highest BCUT2D eigenvalue weighted by Gasteiger charge is 2.04. The third kappa shape index (κ3) is 1.59. The summed E-state index contributed by atoms with van der Waals surface area (Å²) in [4.78, 5) is 1.19. The summed E-state index contributed by atoms with van der Waals surface area (Å²) in [5, 5.41) is 2.04. The quantitative estimate of drug-likeness (QED) is 0.765. The van der Waals surface area contributed by atoms with Crippen LogP contribution < -0.4 is 10.5 Å². The van der Waals surface area contributed by atoms with Crippen LogP contribution in [0.25, 0.3) is 10.4 Å². The molecule has 3 heteroatoms. The lowest BCUT2D eigenvalue weighted by molar-refractivity contribution is 0.415. The van der Waals surface area contributed by atoms with E-state index in [-0.39, 0.29) is 0 Å². The van der Waals surface area contributed by atoms with Gasteiger partial charge in [-0.25, -0.2) is 0 Å². The normalized spacial score (nSPS) is 10.1. The van der Waals surface area contributed by atoms with Gasteiger partial charge < -0.3 is 10.5 Å². The zero-order valence-electron chi connectivity index (χ0n) is 7.86. The molecule has 1 aromatic carbocycles. The maximum Gasteiger partial charge on any atom is 0.120 e. The Morgan fingerprint density at radius 1 is 1.29 bits per heavy atom. The molecule has 2 rings (SSSR count). The fraction of sp³-hybridized carbons (Fsp3) is 0.0909. The third-order valence-corrected chi connectivity index (χ3v) is 2.95. The lowest BCUT2D eigenvalue weighted by Crippen LogP contribution is -1.90. The topological polar surface area (TPSA) is 35.2 Å². The van der Waals surface area contributed by atoms with E-state index in [0.29, 0.717) is 0 Å². The van der Waals surface area contributed by atoms with E-state index in [0.717, 1.165) is 17.0 Å². The molecule has 0 radical (unpaired) electrons. The molecule has 14 heavy (non-hydrogen) atoms. The standard InChI is InChI=1S/C11H11NOS/c1-13-8-4-5-9(10(12)7-8)11-3-2-6-14-11/h2-7H,12H2,1H3. The second-order valence-corrected chi connectivity index (χ2v) is 3.88. The average Bonchev–Trinajstić information content (AvgIpc) is 2.70. The Balaban J connectivity index is 2.46. The molecule has 0 amide bonds. The Morgan fingerprint density at radius 2 is 2.14 bits per heavy atom. The number of methoxy groups -OCH3 is 1. The minimum absolute atomic E-state index is 0.756. The first-order valence-electron chi connectivity index (χ1n) is 4.28. The molecule has 0 fully saturated rings. The van der Waals surface area contributed by atoms with Crippen molar-refractivity contribution in [3.8, 4) is 16.2 Å². The first-order chi connectivity index (χ1) is 6.81. The molecule has 0 saturated carbocycles. The van der Waals surface area contributed by atoms with Crippen molar-refractivity contribution in [2.45, 2.75) is 0 Å². The molecule has 0 unspecified atom stereocenters. The number of thiophene rings is 1. The molecule has 0 aliphatic heterocycles. The SMILES string of the molecule is COc1ccc(-c2cccs2)c(N)c1. The molecule has 2 N–H and O–H groups in total. The molecule has 0 spiro atoms. The summed E-state index contributed by atoms with van der Waals surface area (Å²) in [6.07, 6.45) is 0. The van der Waals surface area contributed by atoms with Crippen LogP contribution in [0.15, 0.2) is 35.7 Å². The lowest BCUT2D eigenvalue weighted by atomic mass is 10.1. The largest absolute Gasteiger partial charge is 0.497 e. The number of rotatable bonds is 2. The molecule has 2 aromatic rings.